The second-order valence-electron chi connectivity index (χ2n) is 4.90. The van der Waals surface area contributed by atoms with Gasteiger partial charge in [-0.15, -0.1) is 11.6 Å². The van der Waals surface area contributed by atoms with Crippen LogP contribution in [0.5, 0.6) is 0 Å². The van der Waals surface area contributed by atoms with E-state index in [0.29, 0.717) is 25.5 Å². The first kappa shape index (κ1) is 14.8. The number of carbonyl (C=O) groups is 1. The van der Waals surface area contributed by atoms with Crippen LogP contribution >= 0.6 is 11.6 Å². The van der Waals surface area contributed by atoms with Gasteiger partial charge in [0.25, 0.3) is 0 Å². The molecule has 3 nitrogen and oxygen atoms in total. The van der Waals surface area contributed by atoms with Crippen LogP contribution in [0.4, 0.5) is 0 Å². The lowest BCUT2D eigenvalue weighted by Gasteiger charge is -2.20. The SMILES string of the molecule is COCC(Cl)CCNC(=O)CC1CCCCC1. The van der Waals surface area contributed by atoms with Gasteiger partial charge in [0.05, 0.1) is 12.0 Å². The Labute approximate surface area is 109 Å². The van der Waals surface area contributed by atoms with Crippen molar-refractivity contribution >= 4 is 17.5 Å². The molecule has 17 heavy (non-hydrogen) atoms. The Balaban J connectivity index is 2.04. The second-order valence-corrected chi connectivity index (χ2v) is 5.52. The fourth-order valence-corrected chi connectivity index (χ4v) is 2.59. The lowest BCUT2D eigenvalue weighted by molar-refractivity contribution is -0.122. The fourth-order valence-electron chi connectivity index (χ4n) is 2.36. The van der Waals surface area contributed by atoms with E-state index in [1.807, 2.05) is 0 Å². The van der Waals surface area contributed by atoms with E-state index in [-0.39, 0.29) is 11.3 Å². The molecule has 1 aliphatic rings. The third kappa shape index (κ3) is 6.89. The van der Waals surface area contributed by atoms with Crippen molar-refractivity contribution in [1.82, 2.24) is 5.32 Å². The molecule has 1 unspecified atom stereocenters. The predicted molar refractivity (Wildman–Crippen MR) is 70.3 cm³/mol. The van der Waals surface area contributed by atoms with Crippen molar-refractivity contribution in [1.29, 1.82) is 0 Å². The van der Waals surface area contributed by atoms with Crippen molar-refractivity contribution < 1.29 is 9.53 Å². The third-order valence-electron chi connectivity index (χ3n) is 3.33. The molecule has 0 heterocycles. The van der Waals surface area contributed by atoms with Crippen molar-refractivity contribution in [2.75, 3.05) is 20.3 Å². The van der Waals surface area contributed by atoms with Crippen LogP contribution in [0.2, 0.25) is 0 Å². The van der Waals surface area contributed by atoms with Gasteiger partial charge < -0.3 is 10.1 Å². The van der Waals surface area contributed by atoms with Crippen molar-refractivity contribution in [3.8, 4) is 0 Å². The molecule has 0 saturated heterocycles. The molecule has 0 aromatic heterocycles. The first-order chi connectivity index (χ1) is 8.22. The minimum atomic E-state index is -0.00465. The molecule has 4 heteroatoms. The Kier molecular flexibility index (Phi) is 7.62. The lowest BCUT2D eigenvalue weighted by Crippen LogP contribution is -2.29. The first-order valence-electron chi connectivity index (χ1n) is 6.62. The summed E-state index contributed by atoms with van der Waals surface area (Å²) in [6, 6.07) is 0. The van der Waals surface area contributed by atoms with Gasteiger partial charge in [0.2, 0.25) is 5.91 Å². The van der Waals surface area contributed by atoms with E-state index in [1.54, 1.807) is 7.11 Å². The number of alkyl halides is 1. The second kappa shape index (κ2) is 8.76. The zero-order chi connectivity index (χ0) is 12.5. The van der Waals surface area contributed by atoms with E-state index in [9.17, 15) is 4.79 Å². The Morgan fingerprint density at radius 1 is 1.41 bits per heavy atom. The monoisotopic (exact) mass is 261 g/mol. The van der Waals surface area contributed by atoms with Crippen molar-refractivity contribution in [2.24, 2.45) is 5.92 Å². The van der Waals surface area contributed by atoms with Crippen LogP contribution < -0.4 is 5.32 Å². The van der Waals surface area contributed by atoms with Crippen LogP contribution in [0.25, 0.3) is 0 Å². The van der Waals surface area contributed by atoms with Gasteiger partial charge in [0.15, 0.2) is 0 Å². The summed E-state index contributed by atoms with van der Waals surface area (Å²) in [5, 5.41) is 2.94. The quantitative estimate of drug-likeness (QED) is 0.716. The standard InChI is InChI=1S/C13H24ClNO2/c1-17-10-12(14)7-8-15-13(16)9-11-5-3-2-4-6-11/h11-12H,2-10H2,1H3,(H,15,16). The van der Waals surface area contributed by atoms with Crippen LogP contribution in [0.15, 0.2) is 0 Å². The molecule has 1 fully saturated rings. The van der Waals surface area contributed by atoms with Gasteiger partial charge in [-0.25, -0.2) is 0 Å². The Hall–Kier alpha value is -0.280. The summed E-state index contributed by atoms with van der Waals surface area (Å²) in [5.41, 5.74) is 0. The number of hydrogen-bond donors (Lipinski definition) is 1. The molecule has 0 aliphatic heterocycles. The van der Waals surface area contributed by atoms with Crippen LogP contribution in [-0.2, 0) is 9.53 Å². The Bertz CT molecular complexity index is 217. The van der Waals surface area contributed by atoms with Gasteiger partial charge in [-0.3, -0.25) is 4.79 Å². The zero-order valence-corrected chi connectivity index (χ0v) is 11.5. The van der Waals surface area contributed by atoms with Crippen molar-refractivity contribution in [3.05, 3.63) is 0 Å². The van der Waals surface area contributed by atoms with E-state index in [1.165, 1.54) is 32.1 Å². The molecule has 1 saturated carbocycles. The van der Waals surface area contributed by atoms with E-state index < -0.39 is 0 Å². The molecular weight excluding hydrogens is 238 g/mol. The maximum absolute atomic E-state index is 11.7. The molecule has 1 rings (SSSR count). The molecule has 100 valence electrons. The van der Waals surface area contributed by atoms with Gasteiger partial charge in [0, 0.05) is 20.1 Å². The largest absolute Gasteiger partial charge is 0.383 e. The smallest absolute Gasteiger partial charge is 0.220 e. The Morgan fingerprint density at radius 3 is 2.76 bits per heavy atom. The number of methoxy groups -OCH3 is 1. The lowest BCUT2D eigenvalue weighted by atomic mass is 9.87. The highest BCUT2D eigenvalue weighted by Gasteiger charge is 2.16. The average Bonchev–Trinajstić information content (AvgIpc) is 2.30. The molecule has 0 bridgehead atoms. The molecule has 0 aromatic rings. The molecule has 1 atom stereocenters. The predicted octanol–water partition coefficient (Wildman–Crippen LogP) is 2.72. The summed E-state index contributed by atoms with van der Waals surface area (Å²) in [5.74, 6) is 0.785. The van der Waals surface area contributed by atoms with Crippen LogP contribution in [0.1, 0.15) is 44.9 Å². The summed E-state index contributed by atoms with van der Waals surface area (Å²) in [4.78, 5) is 11.7. The fraction of sp³-hybridized carbons (Fsp3) is 0.923. The minimum Gasteiger partial charge on any atom is -0.383 e. The third-order valence-corrected chi connectivity index (χ3v) is 3.67. The van der Waals surface area contributed by atoms with E-state index in [0.717, 1.165) is 6.42 Å². The zero-order valence-electron chi connectivity index (χ0n) is 10.7. The highest BCUT2D eigenvalue weighted by Crippen LogP contribution is 2.25. The number of nitrogens with one attached hydrogen (secondary N) is 1. The van der Waals surface area contributed by atoms with Gasteiger partial charge in [-0.2, -0.15) is 0 Å². The van der Waals surface area contributed by atoms with Crippen molar-refractivity contribution in [2.45, 2.75) is 50.3 Å². The molecule has 0 spiro atoms. The molecule has 0 aromatic carbocycles. The highest BCUT2D eigenvalue weighted by molar-refractivity contribution is 6.20. The molecular formula is C13H24ClNO2. The maximum Gasteiger partial charge on any atom is 0.220 e. The van der Waals surface area contributed by atoms with Gasteiger partial charge in [0.1, 0.15) is 0 Å². The van der Waals surface area contributed by atoms with Crippen LogP contribution in [-0.4, -0.2) is 31.5 Å². The van der Waals surface area contributed by atoms with Crippen LogP contribution in [0, 0.1) is 5.92 Å². The number of amides is 1. The number of rotatable bonds is 7. The number of halogens is 1. The normalized spacial score (nSPS) is 18.9. The summed E-state index contributed by atoms with van der Waals surface area (Å²) in [6.07, 6.45) is 7.81. The minimum absolute atomic E-state index is 0.00465. The van der Waals surface area contributed by atoms with E-state index in [4.69, 9.17) is 16.3 Å². The molecule has 1 N–H and O–H groups in total. The molecule has 0 radical (unpaired) electrons. The molecule has 1 aliphatic carbocycles. The number of carbonyl (C=O) groups excluding carboxylic acids is 1. The summed E-state index contributed by atoms with van der Waals surface area (Å²) in [7, 11) is 1.64. The van der Waals surface area contributed by atoms with E-state index >= 15 is 0 Å². The van der Waals surface area contributed by atoms with Crippen LogP contribution in [0.3, 0.4) is 0 Å². The van der Waals surface area contributed by atoms with Gasteiger partial charge >= 0.3 is 0 Å². The van der Waals surface area contributed by atoms with Crippen molar-refractivity contribution in [3.63, 3.8) is 0 Å². The van der Waals surface area contributed by atoms with E-state index in [2.05, 4.69) is 5.32 Å². The topological polar surface area (TPSA) is 38.3 Å². The average molecular weight is 262 g/mol. The number of ether oxygens (including phenoxy) is 1. The highest BCUT2D eigenvalue weighted by atomic mass is 35.5. The summed E-state index contributed by atoms with van der Waals surface area (Å²) in [6.45, 7) is 1.20. The van der Waals surface area contributed by atoms with Gasteiger partial charge in [-0.05, 0) is 25.2 Å². The first-order valence-corrected chi connectivity index (χ1v) is 7.05. The summed E-state index contributed by atoms with van der Waals surface area (Å²) < 4.78 is 4.94. The Morgan fingerprint density at radius 2 is 2.12 bits per heavy atom. The van der Waals surface area contributed by atoms with Gasteiger partial charge in [-0.1, -0.05) is 19.3 Å². The molecule has 1 amide bonds. The summed E-state index contributed by atoms with van der Waals surface area (Å²) >= 11 is 5.98. The number of hydrogen-bond acceptors (Lipinski definition) is 2. The maximum atomic E-state index is 11.7.